The van der Waals surface area contributed by atoms with Crippen molar-refractivity contribution in [2.24, 2.45) is 12.0 Å². The van der Waals surface area contributed by atoms with Gasteiger partial charge in [-0.1, -0.05) is 18.2 Å². The Morgan fingerprint density at radius 3 is 2.63 bits per heavy atom. The van der Waals surface area contributed by atoms with Gasteiger partial charge in [0, 0.05) is 44.6 Å². The van der Waals surface area contributed by atoms with Crippen LogP contribution in [0.2, 0.25) is 0 Å². The van der Waals surface area contributed by atoms with Gasteiger partial charge in [-0.05, 0) is 19.1 Å². The molecule has 0 spiro atoms. The van der Waals surface area contributed by atoms with E-state index in [0.29, 0.717) is 19.6 Å². The number of piperazine rings is 1. The maximum absolute atomic E-state index is 12.7. The number of nitrogens with one attached hydrogen (secondary N) is 1. The van der Waals surface area contributed by atoms with E-state index < -0.39 is 0 Å². The summed E-state index contributed by atoms with van der Waals surface area (Å²) in [6.45, 7) is 4.84. The number of carbonyl (C=O) groups is 1. The topological polar surface area (TPSA) is 83.6 Å². The number of nitrogens with zero attached hydrogens (tertiary/aromatic N) is 7. The Bertz CT molecular complexity index is 1020. The Hall–Kier alpha value is -3.62. The van der Waals surface area contributed by atoms with Gasteiger partial charge in [0.15, 0.2) is 5.96 Å². The van der Waals surface area contributed by atoms with Gasteiger partial charge in [0.25, 0.3) is 0 Å². The zero-order valence-corrected chi connectivity index (χ0v) is 17.3. The zero-order chi connectivity index (χ0) is 20.9. The fraction of sp³-hybridized carbons (Fsp3) is 0.333. The molecule has 0 saturated carbocycles. The first-order chi connectivity index (χ1) is 14.6. The number of hydrogen-bond donors (Lipinski definition) is 1. The Morgan fingerprint density at radius 1 is 1.10 bits per heavy atom. The van der Waals surface area contributed by atoms with Crippen molar-refractivity contribution >= 4 is 17.6 Å². The summed E-state index contributed by atoms with van der Waals surface area (Å²) >= 11 is 0. The van der Waals surface area contributed by atoms with Gasteiger partial charge in [0.05, 0.1) is 30.3 Å². The molecule has 1 amide bonds. The molecule has 0 bridgehead atoms. The number of aromatic nitrogens is 4. The van der Waals surface area contributed by atoms with Crippen molar-refractivity contribution in [3.8, 4) is 5.69 Å². The number of hydrogen-bond acceptors (Lipinski definition) is 4. The van der Waals surface area contributed by atoms with Crippen molar-refractivity contribution in [3.05, 3.63) is 60.7 Å². The van der Waals surface area contributed by atoms with Gasteiger partial charge in [0.2, 0.25) is 5.91 Å². The number of aliphatic imine (C=N–C) groups is 1. The van der Waals surface area contributed by atoms with Gasteiger partial charge >= 0.3 is 0 Å². The van der Waals surface area contributed by atoms with Gasteiger partial charge in [-0.2, -0.15) is 10.2 Å². The SMILES string of the molecule is CCNC(=NCc1cnn(-c2ccccc2)c1)N1CCN(c2cnn(C)c2)C(=O)C1. The molecule has 0 atom stereocenters. The van der Waals surface area contributed by atoms with Crippen LogP contribution in [0.5, 0.6) is 0 Å². The molecule has 0 unspecified atom stereocenters. The predicted molar refractivity (Wildman–Crippen MR) is 116 cm³/mol. The van der Waals surface area contributed by atoms with Crippen LogP contribution in [0.4, 0.5) is 5.69 Å². The van der Waals surface area contributed by atoms with E-state index in [1.165, 1.54) is 0 Å². The highest BCUT2D eigenvalue weighted by Gasteiger charge is 2.27. The van der Waals surface area contributed by atoms with E-state index in [1.54, 1.807) is 15.8 Å². The molecule has 9 heteroatoms. The number of anilines is 1. The van der Waals surface area contributed by atoms with Crippen molar-refractivity contribution in [1.82, 2.24) is 29.8 Å². The third-order valence-corrected chi connectivity index (χ3v) is 4.93. The molecule has 1 aliphatic rings. The summed E-state index contributed by atoms with van der Waals surface area (Å²) in [6.07, 6.45) is 7.38. The molecule has 0 aliphatic carbocycles. The van der Waals surface area contributed by atoms with E-state index in [1.807, 2.05) is 72.5 Å². The maximum Gasteiger partial charge on any atom is 0.246 e. The Morgan fingerprint density at radius 2 is 1.93 bits per heavy atom. The summed E-state index contributed by atoms with van der Waals surface area (Å²) in [4.78, 5) is 21.2. The lowest BCUT2D eigenvalue weighted by Crippen LogP contribution is -2.55. The average molecular weight is 406 g/mol. The molecule has 1 aromatic carbocycles. The monoisotopic (exact) mass is 406 g/mol. The molecule has 4 rings (SSSR count). The molecular formula is C21H26N8O. The number of carbonyl (C=O) groups excluding carboxylic acids is 1. The van der Waals surface area contributed by atoms with Crippen LogP contribution in [0.25, 0.3) is 5.69 Å². The quantitative estimate of drug-likeness (QED) is 0.512. The minimum atomic E-state index is 0.0387. The predicted octanol–water partition coefficient (Wildman–Crippen LogP) is 1.42. The van der Waals surface area contributed by atoms with Crippen LogP contribution in [0.15, 0.2) is 60.1 Å². The van der Waals surface area contributed by atoms with Gasteiger partial charge in [-0.3, -0.25) is 9.48 Å². The summed E-state index contributed by atoms with van der Waals surface area (Å²) < 4.78 is 3.55. The molecule has 3 heterocycles. The Kier molecular flexibility index (Phi) is 5.78. The van der Waals surface area contributed by atoms with Gasteiger partial charge in [0.1, 0.15) is 6.54 Å². The van der Waals surface area contributed by atoms with Crippen LogP contribution in [-0.4, -0.2) is 62.5 Å². The lowest BCUT2D eigenvalue weighted by molar-refractivity contribution is -0.120. The number of amides is 1. The molecule has 156 valence electrons. The van der Waals surface area contributed by atoms with Crippen molar-refractivity contribution in [2.45, 2.75) is 13.5 Å². The minimum absolute atomic E-state index is 0.0387. The van der Waals surface area contributed by atoms with E-state index in [4.69, 9.17) is 4.99 Å². The first-order valence-corrected chi connectivity index (χ1v) is 10.1. The zero-order valence-electron chi connectivity index (χ0n) is 17.3. The highest BCUT2D eigenvalue weighted by molar-refractivity contribution is 5.98. The van der Waals surface area contributed by atoms with Crippen molar-refractivity contribution in [2.75, 3.05) is 31.1 Å². The Labute approximate surface area is 175 Å². The summed E-state index contributed by atoms with van der Waals surface area (Å²) in [6, 6.07) is 9.98. The maximum atomic E-state index is 12.7. The molecule has 1 N–H and O–H groups in total. The van der Waals surface area contributed by atoms with Crippen LogP contribution < -0.4 is 10.2 Å². The normalized spacial score (nSPS) is 15.0. The number of rotatable bonds is 5. The fourth-order valence-corrected chi connectivity index (χ4v) is 3.43. The highest BCUT2D eigenvalue weighted by atomic mass is 16.2. The second-order valence-corrected chi connectivity index (χ2v) is 7.14. The fourth-order valence-electron chi connectivity index (χ4n) is 3.43. The minimum Gasteiger partial charge on any atom is -0.356 e. The number of aryl methyl sites for hydroxylation is 1. The molecule has 2 aromatic heterocycles. The molecule has 1 fully saturated rings. The van der Waals surface area contributed by atoms with E-state index >= 15 is 0 Å². The van der Waals surface area contributed by atoms with E-state index in [-0.39, 0.29) is 12.5 Å². The Balaban J connectivity index is 1.43. The second-order valence-electron chi connectivity index (χ2n) is 7.14. The summed E-state index contributed by atoms with van der Waals surface area (Å²) in [5.74, 6) is 0.779. The van der Waals surface area contributed by atoms with Gasteiger partial charge < -0.3 is 15.1 Å². The molecule has 30 heavy (non-hydrogen) atoms. The summed E-state index contributed by atoms with van der Waals surface area (Å²) in [7, 11) is 1.85. The average Bonchev–Trinajstić information content (AvgIpc) is 3.41. The van der Waals surface area contributed by atoms with Crippen LogP contribution in [0.3, 0.4) is 0 Å². The van der Waals surface area contributed by atoms with E-state index in [0.717, 1.165) is 29.4 Å². The largest absolute Gasteiger partial charge is 0.356 e. The van der Waals surface area contributed by atoms with Gasteiger partial charge in [-0.25, -0.2) is 9.67 Å². The first-order valence-electron chi connectivity index (χ1n) is 10.1. The lowest BCUT2D eigenvalue weighted by atomic mass is 10.3. The molecule has 3 aromatic rings. The van der Waals surface area contributed by atoms with Crippen molar-refractivity contribution in [1.29, 1.82) is 0 Å². The number of para-hydroxylation sites is 1. The van der Waals surface area contributed by atoms with Gasteiger partial charge in [-0.15, -0.1) is 0 Å². The summed E-state index contributed by atoms with van der Waals surface area (Å²) in [5.41, 5.74) is 2.85. The highest BCUT2D eigenvalue weighted by Crippen LogP contribution is 2.16. The van der Waals surface area contributed by atoms with E-state index in [2.05, 4.69) is 15.5 Å². The molecule has 1 aliphatic heterocycles. The van der Waals surface area contributed by atoms with Crippen LogP contribution in [0.1, 0.15) is 12.5 Å². The van der Waals surface area contributed by atoms with Crippen LogP contribution in [0, 0.1) is 0 Å². The van der Waals surface area contributed by atoms with Crippen molar-refractivity contribution < 1.29 is 4.79 Å². The molecule has 0 radical (unpaired) electrons. The van der Waals surface area contributed by atoms with Crippen LogP contribution >= 0.6 is 0 Å². The first kappa shape index (κ1) is 19.7. The molecule has 1 saturated heterocycles. The number of guanidine groups is 1. The second kappa shape index (κ2) is 8.81. The molecule has 9 nitrogen and oxygen atoms in total. The molecular weight excluding hydrogens is 380 g/mol. The van der Waals surface area contributed by atoms with E-state index in [9.17, 15) is 4.79 Å². The van der Waals surface area contributed by atoms with Crippen molar-refractivity contribution in [3.63, 3.8) is 0 Å². The van der Waals surface area contributed by atoms with Crippen LogP contribution in [-0.2, 0) is 18.4 Å². The smallest absolute Gasteiger partial charge is 0.246 e. The summed E-state index contributed by atoms with van der Waals surface area (Å²) in [5, 5.41) is 11.9. The number of benzene rings is 1. The third kappa shape index (κ3) is 4.35. The third-order valence-electron chi connectivity index (χ3n) is 4.93. The standard InChI is InChI=1S/C21H26N8O/c1-3-22-21(23-11-17-12-25-29(14-17)18-7-5-4-6-8-18)27-9-10-28(20(30)16-27)19-13-24-26(2)15-19/h4-8,12-15H,3,9-11,16H2,1-2H3,(H,22,23). The lowest BCUT2D eigenvalue weighted by Gasteiger charge is -2.35.